The molecule has 2 fully saturated rings. The molecule has 28 heavy (non-hydrogen) atoms. The average molecular weight is 382 g/mol. The molecule has 1 aromatic carbocycles. The minimum atomic E-state index is -0.423. The average Bonchev–Trinajstić information content (AvgIpc) is 3.45. The van der Waals surface area contributed by atoms with Crippen LogP contribution in [0.5, 0.6) is 5.75 Å². The zero-order valence-corrected chi connectivity index (χ0v) is 15.2. The fraction of sp³-hybridized carbons (Fsp3) is 0.316. The van der Waals surface area contributed by atoms with Crippen LogP contribution in [0.25, 0.3) is 11.3 Å². The van der Waals surface area contributed by atoms with Gasteiger partial charge in [-0.05, 0) is 30.7 Å². The van der Waals surface area contributed by atoms with Gasteiger partial charge in [-0.1, -0.05) is 0 Å². The van der Waals surface area contributed by atoms with Crippen LogP contribution in [0.3, 0.4) is 0 Å². The summed E-state index contributed by atoms with van der Waals surface area (Å²) in [5, 5.41) is 10.3. The summed E-state index contributed by atoms with van der Waals surface area (Å²) in [4.78, 5) is 11.2. The molecule has 2 atom stereocenters. The Hall–Kier alpha value is -3.20. The van der Waals surface area contributed by atoms with Crippen LogP contribution in [0, 0.1) is 5.82 Å². The van der Waals surface area contributed by atoms with Gasteiger partial charge in [-0.2, -0.15) is 10.1 Å². The quantitative estimate of drug-likeness (QED) is 0.701. The number of morpholine rings is 1. The highest BCUT2D eigenvalue weighted by Crippen LogP contribution is 2.31. The molecule has 2 bridgehead atoms. The SMILES string of the molecule is COc1ccc(-c2cc(Nc3ccnc(N4C[C@@H]5C[C@H]4CO5)n3)n[nH]2)cc1F. The van der Waals surface area contributed by atoms with Crippen molar-refractivity contribution in [2.24, 2.45) is 0 Å². The Morgan fingerprint density at radius 3 is 2.96 bits per heavy atom. The third-order valence-electron chi connectivity index (χ3n) is 5.10. The highest BCUT2D eigenvalue weighted by atomic mass is 19.1. The van der Waals surface area contributed by atoms with E-state index in [4.69, 9.17) is 9.47 Å². The van der Waals surface area contributed by atoms with Crippen molar-refractivity contribution in [1.29, 1.82) is 0 Å². The lowest BCUT2D eigenvalue weighted by molar-refractivity contribution is 0.0986. The number of methoxy groups -OCH3 is 1. The van der Waals surface area contributed by atoms with E-state index in [-0.39, 0.29) is 11.9 Å². The van der Waals surface area contributed by atoms with Gasteiger partial charge in [0.2, 0.25) is 5.95 Å². The summed E-state index contributed by atoms with van der Waals surface area (Å²) < 4.78 is 24.5. The standard InChI is InChI=1S/C19H19FN6O2/c1-27-16-3-2-11(6-14(16)20)15-8-18(25-24-15)22-17-4-5-21-19(23-17)26-9-13-7-12(26)10-28-13/h2-6,8,12-13H,7,9-10H2,1H3,(H2,21,22,23,24,25)/t12-,13-/m0/s1. The third-order valence-corrected chi connectivity index (χ3v) is 5.10. The molecule has 0 aliphatic carbocycles. The molecule has 0 amide bonds. The maximum atomic E-state index is 13.9. The first-order chi connectivity index (χ1) is 13.7. The summed E-state index contributed by atoms with van der Waals surface area (Å²) in [6.45, 7) is 1.55. The van der Waals surface area contributed by atoms with Crippen molar-refractivity contribution in [1.82, 2.24) is 20.2 Å². The summed E-state index contributed by atoms with van der Waals surface area (Å²) >= 11 is 0. The van der Waals surface area contributed by atoms with Crippen molar-refractivity contribution in [2.45, 2.75) is 18.6 Å². The van der Waals surface area contributed by atoms with E-state index in [9.17, 15) is 4.39 Å². The predicted octanol–water partition coefficient (Wildman–Crippen LogP) is 2.74. The summed E-state index contributed by atoms with van der Waals surface area (Å²) in [6.07, 6.45) is 3.04. The van der Waals surface area contributed by atoms with Crippen LogP contribution in [0.15, 0.2) is 36.5 Å². The van der Waals surface area contributed by atoms with E-state index >= 15 is 0 Å². The lowest BCUT2D eigenvalue weighted by Crippen LogP contribution is -2.38. The molecule has 9 heteroatoms. The molecule has 8 nitrogen and oxygen atoms in total. The number of nitrogens with zero attached hydrogens (tertiary/aromatic N) is 4. The molecule has 2 aromatic heterocycles. The van der Waals surface area contributed by atoms with Crippen LogP contribution < -0.4 is 15.0 Å². The van der Waals surface area contributed by atoms with Crippen molar-refractivity contribution in [3.05, 3.63) is 42.3 Å². The molecule has 2 aliphatic heterocycles. The number of anilines is 3. The van der Waals surface area contributed by atoms with E-state index in [1.54, 1.807) is 30.5 Å². The summed E-state index contributed by atoms with van der Waals surface area (Å²) in [7, 11) is 1.44. The first-order valence-electron chi connectivity index (χ1n) is 9.07. The summed E-state index contributed by atoms with van der Waals surface area (Å²) in [6, 6.07) is 8.70. The van der Waals surface area contributed by atoms with Gasteiger partial charge in [-0.3, -0.25) is 5.10 Å². The second kappa shape index (κ2) is 6.75. The van der Waals surface area contributed by atoms with Crippen molar-refractivity contribution < 1.29 is 13.9 Å². The topological polar surface area (TPSA) is 88.2 Å². The fourth-order valence-corrected chi connectivity index (χ4v) is 3.70. The normalized spacial score (nSPS) is 20.6. The Morgan fingerprint density at radius 1 is 1.29 bits per heavy atom. The number of fused-ring (bicyclic) bond motifs is 2. The Balaban J connectivity index is 1.33. The van der Waals surface area contributed by atoms with E-state index in [1.165, 1.54) is 13.2 Å². The lowest BCUT2D eigenvalue weighted by Gasteiger charge is -2.26. The Morgan fingerprint density at radius 2 is 2.21 bits per heavy atom. The zero-order valence-electron chi connectivity index (χ0n) is 15.2. The molecule has 5 rings (SSSR count). The Kier molecular flexibility index (Phi) is 4.09. The molecular weight excluding hydrogens is 363 g/mol. The van der Waals surface area contributed by atoms with Crippen molar-refractivity contribution in [2.75, 3.05) is 30.5 Å². The van der Waals surface area contributed by atoms with Crippen LogP contribution in [0.2, 0.25) is 0 Å². The summed E-state index contributed by atoms with van der Waals surface area (Å²) in [5.74, 6) is 1.70. The molecule has 2 aliphatic rings. The van der Waals surface area contributed by atoms with Crippen LogP contribution in [-0.2, 0) is 4.74 Å². The minimum Gasteiger partial charge on any atom is -0.494 e. The number of ether oxygens (including phenoxy) is 2. The van der Waals surface area contributed by atoms with E-state index in [0.29, 0.717) is 34.9 Å². The molecule has 2 saturated heterocycles. The van der Waals surface area contributed by atoms with Gasteiger partial charge in [0.15, 0.2) is 17.4 Å². The molecule has 0 saturated carbocycles. The van der Waals surface area contributed by atoms with Crippen LogP contribution in [0.1, 0.15) is 6.42 Å². The second-order valence-corrected chi connectivity index (χ2v) is 6.88. The fourth-order valence-electron chi connectivity index (χ4n) is 3.70. The number of hydrogen-bond acceptors (Lipinski definition) is 7. The first-order valence-corrected chi connectivity index (χ1v) is 9.07. The number of nitrogens with one attached hydrogen (secondary N) is 2. The summed E-state index contributed by atoms with van der Waals surface area (Å²) in [5.41, 5.74) is 1.36. The number of H-pyrrole nitrogens is 1. The number of hydrogen-bond donors (Lipinski definition) is 2. The van der Waals surface area contributed by atoms with Gasteiger partial charge in [0.1, 0.15) is 5.82 Å². The lowest BCUT2D eigenvalue weighted by atomic mass is 10.1. The maximum absolute atomic E-state index is 13.9. The predicted molar refractivity (Wildman–Crippen MR) is 101 cm³/mol. The van der Waals surface area contributed by atoms with E-state index < -0.39 is 5.82 Å². The monoisotopic (exact) mass is 382 g/mol. The highest BCUT2D eigenvalue weighted by molar-refractivity contribution is 5.66. The molecule has 0 unspecified atom stereocenters. The van der Waals surface area contributed by atoms with E-state index in [0.717, 1.165) is 19.6 Å². The number of halogens is 1. The molecule has 2 N–H and O–H groups in total. The number of rotatable bonds is 5. The van der Waals surface area contributed by atoms with Crippen LogP contribution in [-0.4, -0.2) is 52.6 Å². The van der Waals surface area contributed by atoms with Crippen molar-refractivity contribution in [3.8, 4) is 17.0 Å². The van der Waals surface area contributed by atoms with Crippen molar-refractivity contribution >= 4 is 17.6 Å². The van der Waals surface area contributed by atoms with Gasteiger partial charge in [0.25, 0.3) is 0 Å². The zero-order chi connectivity index (χ0) is 19.1. The number of aromatic amines is 1. The van der Waals surface area contributed by atoms with Gasteiger partial charge in [-0.15, -0.1) is 0 Å². The second-order valence-electron chi connectivity index (χ2n) is 6.88. The molecule has 3 aromatic rings. The maximum Gasteiger partial charge on any atom is 0.227 e. The number of aromatic nitrogens is 4. The largest absolute Gasteiger partial charge is 0.494 e. The molecule has 4 heterocycles. The van der Waals surface area contributed by atoms with Gasteiger partial charge < -0.3 is 19.7 Å². The molecule has 0 radical (unpaired) electrons. The van der Waals surface area contributed by atoms with Gasteiger partial charge in [0.05, 0.1) is 31.6 Å². The molecular formula is C19H19FN6O2. The first kappa shape index (κ1) is 16.9. The smallest absolute Gasteiger partial charge is 0.227 e. The van der Waals surface area contributed by atoms with Gasteiger partial charge >= 0.3 is 0 Å². The van der Waals surface area contributed by atoms with Crippen LogP contribution in [0.4, 0.5) is 22.0 Å². The Labute approximate surface area is 160 Å². The highest BCUT2D eigenvalue weighted by Gasteiger charge is 2.40. The van der Waals surface area contributed by atoms with Gasteiger partial charge in [-0.25, -0.2) is 9.37 Å². The molecule has 144 valence electrons. The van der Waals surface area contributed by atoms with Crippen LogP contribution >= 0.6 is 0 Å². The third kappa shape index (κ3) is 3.03. The molecule has 0 spiro atoms. The minimum absolute atomic E-state index is 0.205. The Bertz CT molecular complexity index is 1010. The van der Waals surface area contributed by atoms with Crippen molar-refractivity contribution in [3.63, 3.8) is 0 Å². The number of benzene rings is 1. The van der Waals surface area contributed by atoms with E-state index in [1.807, 2.05) is 0 Å². The van der Waals surface area contributed by atoms with Gasteiger partial charge in [0, 0.05) is 24.4 Å². The van der Waals surface area contributed by atoms with E-state index in [2.05, 4.69) is 30.4 Å².